The number of allylic oxidation sites excluding steroid dienone is 1. The number of carbonyl (C=O) groups excluding carboxylic acids is 1. The van der Waals surface area contributed by atoms with E-state index >= 15 is 0 Å². The molecule has 0 amide bonds. The fourth-order valence-corrected chi connectivity index (χ4v) is 6.18. The quantitative estimate of drug-likeness (QED) is 0.225. The molecule has 1 atom stereocenters. The fourth-order valence-electron chi connectivity index (χ4n) is 4.95. The molecular formula is C33H31ClN2O7S. The monoisotopic (exact) mass is 634 g/mol. The van der Waals surface area contributed by atoms with Crippen LogP contribution in [-0.2, 0) is 16.1 Å². The number of methoxy groups -OCH3 is 3. The van der Waals surface area contributed by atoms with Gasteiger partial charge in [-0.25, -0.2) is 9.79 Å². The van der Waals surface area contributed by atoms with Crippen LogP contribution in [0.25, 0.3) is 6.08 Å². The fraction of sp³-hybridized carbons (Fsp3) is 0.242. The summed E-state index contributed by atoms with van der Waals surface area (Å²) < 4.78 is 29.8. The van der Waals surface area contributed by atoms with Gasteiger partial charge in [0.2, 0.25) is 0 Å². The Morgan fingerprint density at radius 1 is 0.977 bits per heavy atom. The van der Waals surface area contributed by atoms with Crippen molar-refractivity contribution in [1.29, 1.82) is 0 Å². The van der Waals surface area contributed by atoms with Gasteiger partial charge in [0.15, 0.2) is 27.8 Å². The molecule has 5 rings (SSSR count). The summed E-state index contributed by atoms with van der Waals surface area (Å²) in [4.78, 5) is 32.3. The Kier molecular flexibility index (Phi) is 9.41. The number of fused-ring (bicyclic) bond motifs is 1. The first-order valence-electron chi connectivity index (χ1n) is 13.7. The van der Waals surface area contributed by atoms with Gasteiger partial charge < -0.3 is 23.7 Å². The lowest BCUT2D eigenvalue weighted by Crippen LogP contribution is -2.39. The standard InChI is InChI=1S/C33H31ClN2O7S/c1-6-42-32(38)29-19(2)35-33-36(30(29)21-12-14-24(39-3)27(17-21)41-5)31(37)28(44-33)16-20-11-13-25(26(15-20)40-4)43-18-22-9-7-8-10-23(22)34/h7-17,30H,6,18H2,1-5H3/b28-16-/t30-/m0/s1. The Balaban J connectivity index is 1.57. The molecule has 1 aliphatic heterocycles. The number of benzene rings is 3. The molecule has 0 saturated carbocycles. The lowest BCUT2D eigenvalue weighted by molar-refractivity contribution is -0.139. The SMILES string of the molecule is CCOC(=O)C1=C(C)N=c2s/c(=C\c3ccc(OCc4ccccc4Cl)c(OC)c3)c(=O)n2[C@H]1c1ccc(OC)c(OC)c1. The highest BCUT2D eigenvalue weighted by atomic mass is 35.5. The van der Waals surface area contributed by atoms with E-state index in [0.29, 0.717) is 48.6 Å². The van der Waals surface area contributed by atoms with Crippen LogP contribution in [0, 0.1) is 0 Å². The molecule has 1 aromatic heterocycles. The van der Waals surface area contributed by atoms with Gasteiger partial charge in [0.25, 0.3) is 5.56 Å². The first-order chi connectivity index (χ1) is 21.3. The topological polar surface area (TPSA) is 97.6 Å². The van der Waals surface area contributed by atoms with Crippen LogP contribution in [-0.4, -0.2) is 38.5 Å². The molecule has 3 aromatic carbocycles. The number of halogens is 1. The minimum atomic E-state index is -0.789. The van der Waals surface area contributed by atoms with Crippen LogP contribution < -0.4 is 33.8 Å². The maximum Gasteiger partial charge on any atom is 0.338 e. The zero-order valence-electron chi connectivity index (χ0n) is 24.9. The van der Waals surface area contributed by atoms with E-state index in [0.717, 1.165) is 11.1 Å². The van der Waals surface area contributed by atoms with Crippen LogP contribution >= 0.6 is 22.9 Å². The van der Waals surface area contributed by atoms with E-state index in [9.17, 15) is 9.59 Å². The summed E-state index contributed by atoms with van der Waals surface area (Å²) in [6.45, 7) is 3.92. The third-order valence-corrected chi connectivity index (χ3v) is 8.42. The van der Waals surface area contributed by atoms with Gasteiger partial charge in [-0.2, -0.15) is 0 Å². The van der Waals surface area contributed by atoms with Gasteiger partial charge in [0.05, 0.1) is 49.8 Å². The highest BCUT2D eigenvalue weighted by Gasteiger charge is 2.34. The normalized spacial score (nSPS) is 14.5. The molecule has 9 nitrogen and oxygen atoms in total. The number of thiazole rings is 1. The van der Waals surface area contributed by atoms with Crippen LogP contribution in [0.5, 0.6) is 23.0 Å². The van der Waals surface area contributed by atoms with Gasteiger partial charge in [-0.1, -0.05) is 53.3 Å². The van der Waals surface area contributed by atoms with Crippen LogP contribution in [0.15, 0.2) is 81.7 Å². The van der Waals surface area contributed by atoms with Crippen molar-refractivity contribution in [3.8, 4) is 23.0 Å². The van der Waals surface area contributed by atoms with Crippen molar-refractivity contribution in [2.24, 2.45) is 4.99 Å². The molecule has 0 bridgehead atoms. The number of carbonyl (C=O) groups is 1. The molecule has 0 aliphatic carbocycles. The van der Waals surface area contributed by atoms with Crippen molar-refractivity contribution in [2.75, 3.05) is 27.9 Å². The van der Waals surface area contributed by atoms with Gasteiger partial charge in [0, 0.05) is 10.6 Å². The lowest BCUT2D eigenvalue weighted by Gasteiger charge is -2.25. The molecule has 4 aromatic rings. The predicted molar refractivity (Wildman–Crippen MR) is 169 cm³/mol. The minimum Gasteiger partial charge on any atom is -0.493 e. The molecule has 0 fully saturated rings. The molecule has 1 aliphatic rings. The van der Waals surface area contributed by atoms with Crippen molar-refractivity contribution >= 4 is 35.0 Å². The Morgan fingerprint density at radius 3 is 2.39 bits per heavy atom. The van der Waals surface area contributed by atoms with Gasteiger partial charge in [-0.3, -0.25) is 9.36 Å². The van der Waals surface area contributed by atoms with Crippen LogP contribution in [0.4, 0.5) is 0 Å². The Morgan fingerprint density at radius 2 is 1.68 bits per heavy atom. The highest BCUT2D eigenvalue weighted by Crippen LogP contribution is 2.36. The summed E-state index contributed by atoms with van der Waals surface area (Å²) in [5, 5.41) is 0.617. The van der Waals surface area contributed by atoms with Gasteiger partial charge in [-0.15, -0.1) is 0 Å². The molecule has 0 radical (unpaired) electrons. The molecule has 0 spiro atoms. The highest BCUT2D eigenvalue weighted by molar-refractivity contribution is 7.07. The maximum atomic E-state index is 14.0. The number of rotatable bonds is 10. The second-order valence-corrected chi connectivity index (χ2v) is 11.1. The Hall–Kier alpha value is -4.54. The molecular weight excluding hydrogens is 604 g/mol. The largest absolute Gasteiger partial charge is 0.493 e. The molecule has 0 saturated heterocycles. The number of nitrogens with zero attached hydrogens (tertiary/aromatic N) is 2. The first kappa shape index (κ1) is 30.9. The zero-order chi connectivity index (χ0) is 31.4. The van der Waals surface area contributed by atoms with Crippen molar-refractivity contribution in [3.05, 3.63) is 113 Å². The van der Waals surface area contributed by atoms with Gasteiger partial charge in [0.1, 0.15) is 6.61 Å². The molecule has 2 heterocycles. The lowest BCUT2D eigenvalue weighted by atomic mass is 9.95. The predicted octanol–water partition coefficient (Wildman–Crippen LogP) is 5.06. The summed E-state index contributed by atoms with van der Waals surface area (Å²) in [6, 6.07) is 17.4. The summed E-state index contributed by atoms with van der Waals surface area (Å²) >= 11 is 7.50. The number of ether oxygens (including phenoxy) is 5. The first-order valence-corrected chi connectivity index (χ1v) is 14.9. The van der Waals surface area contributed by atoms with E-state index < -0.39 is 12.0 Å². The number of aromatic nitrogens is 1. The number of hydrogen-bond donors (Lipinski definition) is 0. The van der Waals surface area contributed by atoms with E-state index in [1.165, 1.54) is 23.0 Å². The number of hydrogen-bond acceptors (Lipinski definition) is 9. The van der Waals surface area contributed by atoms with E-state index in [-0.39, 0.29) is 24.3 Å². The third kappa shape index (κ3) is 6.09. The van der Waals surface area contributed by atoms with E-state index in [4.69, 9.17) is 35.3 Å². The maximum absolute atomic E-state index is 14.0. The second kappa shape index (κ2) is 13.4. The average molecular weight is 635 g/mol. The van der Waals surface area contributed by atoms with Crippen molar-refractivity contribution in [3.63, 3.8) is 0 Å². The van der Waals surface area contributed by atoms with Crippen LogP contribution in [0.2, 0.25) is 5.02 Å². The molecule has 0 unspecified atom stereocenters. The zero-order valence-corrected chi connectivity index (χ0v) is 26.5. The van der Waals surface area contributed by atoms with Crippen LogP contribution in [0.1, 0.15) is 36.6 Å². The van der Waals surface area contributed by atoms with E-state index in [1.54, 1.807) is 64.5 Å². The average Bonchev–Trinajstić information content (AvgIpc) is 3.33. The van der Waals surface area contributed by atoms with Crippen molar-refractivity contribution in [1.82, 2.24) is 4.57 Å². The molecule has 44 heavy (non-hydrogen) atoms. The second-order valence-electron chi connectivity index (χ2n) is 9.71. The van der Waals surface area contributed by atoms with Crippen LogP contribution in [0.3, 0.4) is 0 Å². The Labute approximate surface area is 263 Å². The van der Waals surface area contributed by atoms with Gasteiger partial charge >= 0.3 is 5.97 Å². The van der Waals surface area contributed by atoms with Crippen molar-refractivity contribution < 1.29 is 28.5 Å². The summed E-state index contributed by atoms with van der Waals surface area (Å²) in [5.41, 5.74) is 2.66. The van der Waals surface area contributed by atoms with E-state index in [1.807, 2.05) is 30.3 Å². The molecule has 11 heteroatoms. The van der Waals surface area contributed by atoms with E-state index in [2.05, 4.69) is 4.99 Å². The van der Waals surface area contributed by atoms with Crippen molar-refractivity contribution in [2.45, 2.75) is 26.5 Å². The molecule has 228 valence electrons. The number of esters is 1. The summed E-state index contributed by atoms with van der Waals surface area (Å²) in [6.07, 6.45) is 1.76. The third-order valence-electron chi connectivity index (χ3n) is 7.07. The smallest absolute Gasteiger partial charge is 0.338 e. The minimum absolute atomic E-state index is 0.179. The summed E-state index contributed by atoms with van der Waals surface area (Å²) in [5.74, 6) is 1.49. The van der Waals surface area contributed by atoms with Gasteiger partial charge in [-0.05, 0) is 61.4 Å². The summed E-state index contributed by atoms with van der Waals surface area (Å²) in [7, 11) is 4.63. The Bertz CT molecular complexity index is 1930. The molecule has 0 N–H and O–H groups in total.